The Balaban J connectivity index is 2.99. The van der Waals surface area contributed by atoms with Crippen LogP contribution in [0, 0.1) is 6.92 Å². The van der Waals surface area contributed by atoms with Gasteiger partial charge in [0.15, 0.2) is 0 Å². The van der Waals surface area contributed by atoms with Gasteiger partial charge in [-0.2, -0.15) is 13.2 Å². The van der Waals surface area contributed by atoms with Crippen LogP contribution in [0.1, 0.15) is 15.9 Å². The van der Waals surface area contributed by atoms with E-state index in [9.17, 15) is 18.0 Å². The minimum atomic E-state index is -4.51. The normalized spacial score (nSPS) is 11.5. The lowest BCUT2D eigenvalue weighted by Crippen LogP contribution is -2.40. The zero-order valence-electron chi connectivity index (χ0n) is 10.2. The lowest BCUT2D eigenvalue weighted by Gasteiger charge is -2.23. The smallest absolute Gasteiger partial charge is 0.395 e. The van der Waals surface area contributed by atoms with Crippen LogP contribution >= 0.6 is 11.6 Å². The number of alkyl halides is 3. The van der Waals surface area contributed by atoms with Crippen molar-refractivity contribution in [3.8, 4) is 0 Å². The highest BCUT2D eigenvalue weighted by Crippen LogP contribution is 2.20. The van der Waals surface area contributed by atoms with Crippen LogP contribution in [0.5, 0.6) is 0 Å². The first-order valence-corrected chi connectivity index (χ1v) is 5.85. The molecule has 0 bridgehead atoms. The van der Waals surface area contributed by atoms with Gasteiger partial charge < -0.3 is 10.0 Å². The molecule has 0 aliphatic heterocycles. The standard InChI is InChI=1S/C12H13ClF3NO2/c1-8-6-9(13)2-3-10(8)11(19)17(4-5-18)7-12(14,15)16/h2-3,6,18H,4-5,7H2,1H3. The summed E-state index contributed by atoms with van der Waals surface area (Å²) in [7, 11) is 0. The van der Waals surface area contributed by atoms with Gasteiger partial charge in [0.1, 0.15) is 6.54 Å². The molecule has 0 aromatic heterocycles. The van der Waals surface area contributed by atoms with Gasteiger partial charge in [-0.25, -0.2) is 0 Å². The number of hydrogen-bond acceptors (Lipinski definition) is 2. The summed E-state index contributed by atoms with van der Waals surface area (Å²) in [6.45, 7) is -0.715. The molecular weight excluding hydrogens is 283 g/mol. The number of amides is 1. The number of halogens is 4. The van der Waals surface area contributed by atoms with E-state index in [1.165, 1.54) is 18.2 Å². The number of aliphatic hydroxyl groups excluding tert-OH is 1. The first-order chi connectivity index (χ1) is 8.74. The van der Waals surface area contributed by atoms with E-state index in [1.807, 2.05) is 0 Å². The van der Waals surface area contributed by atoms with Crippen LogP contribution in [0.15, 0.2) is 18.2 Å². The van der Waals surface area contributed by atoms with E-state index in [0.29, 0.717) is 15.5 Å². The summed E-state index contributed by atoms with van der Waals surface area (Å²) in [5, 5.41) is 9.16. The van der Waals surface area contributed by atoms with Crippen molar-refractivity contribution < 1.29 is 23.1 Å². The Bertz CT molecular complexity index is 463. The summed E-state index contributed by atoms with van der Waals surface area (Å²) in [4.78, 5) is 12.6. The van der Waals surface area contributed by atoms with Gasteiger partial charge in [0, 0.05) is 17.1 Å². The molecule has 1 amide bonds. The minimum absolute atomic E-state index is 0.141. The fourth-order valence-corrected chi connectivity index (χ4v) is 1.85. The van der Waals surface area contributed by atoms with Gasteiger partial charge in [0.05, 0.1) is 6.61 Å². The zero-order valence-corrected chi connectivity index (χ0v) is 10.9. The van der Waals surface area contributed by atoms with Gasteiger partial charge in [0.2, 0.25) is 0 Å². The van der Waals surface area contributed by atoms with Crippen LogP contribution in [-0.4, -0.2) is 41.8 Å². The number of rotatable bonds is 4. The molecule has 0 aliphatic carbocycles. The molecule has 0 heterocycles. The number of benzene rings is 1. The van der Waals surface area contributed by atoms with Crippen molar-refractivity contribution in [2.75, 3.05) is 19.7 Å². The number of hydrogen-bond donors (Lipinski definition) is 1. The Morgan fingerprint density at radius 3 is 2.53 bits per heavy atom. The molecule has 1 rings (SSSR count). The van der Waals surface area contributed by atoms with Gasteiger partial charge in [-0.15, -0.1) is 0 Å². The molecule has 0 radical (unpaired) electrons. The predicted molar refractivity (Wildman–Crippen MR) is 65.2 cm³/mol. The van der Waals surface area contributed by atoms with Crippen molar-refractivity contribution in [3.05, 3.63) is 34.3 Å². The van der Waals surface area contributed by atoms with Crippen molar-refractivity contribution in [2.45, 2.75) is 13.1 Å². The van der Waals surface area contributed by atoms with Gasteiger partial charge >= 0.3 is 6.18 Å². The Kier molecular flexibility index (Phi) is 5.20. The molecule has 0 spiro atoms. The second-order valence-corrected chi connectivity index (χ2v) is 4.46. The highest BCUT2D eigenvalue weighted by Gasteiger charge is 2.33. The van der Waals surface area contributed by atoms with E-state index in [1.54, 1.807) is 6.92 Å². The highest BCUT2D eigenvalue weighted by molar-refractivity contribution is 6.30. The first kappa shape index (κ1) is 15.8. The van der Waals surface area contributed by atoms with Gasteiger partial charge in [-0.05, 0) is 30.7 Å². The fraction of sp³-hybridized carbons (Fsp3) is 0.417. The highest BCUT2D eigenvalue weighted by atomic mass is 35.5. The Labute approximate surface area is 113 Å². The Hall–Kier alpha value is -1.27. The maximum Gasteiger partial charge on any atom is 0.406 e. The third-order valence-electron chi connectivity index (χ3n) is 2.45. The number of carbonyl (C=O) groups is 1. The Morgan fingerprint density at radius 2 is 2.05 bits per heavy atom. The second kappa shape index (κ2) is 6.25. The predicted octanol–water partition coefficient (Wildman–Crippen LogP) is 2.65. The van der Waals surface area contributed by atoms with Crippen LogP contribution in [0.2, 0.25) is 5.02 Å². The fourth-order valence-electron chi connectivity index (χ4n) is 1.63. The molecule has 0 atom stereocenters. The van der Waals surface area contributed by atoms with Crippen molar-refractivity contribution in [1.82, 2.24) is 4.90 Å². The number of carbonyl (C=O) groups excluding carboxylic acids is 1. The molecule has 0 saturated carbocycles. The summed E-state index contributed by atoms with van der Waals surface area (Å²) in [5.41, 5.74) is 0.629. The van der Waals surface area contributed by atoms with Crippen LogP contribution in [0.3, 0.4) is 0 Å². The summed E-state index contributed by atoms with van der Waals surface area (Å²) >= 11 is 5.72. The summed E-state index contributed by atoms with van der Waals surface area (Å²) in [6, 6.07) is 4.31. The van der Waals surface area contributed by atoms with Crippen LogP contribution < -0.4 is 0 Å². The maximum atomic E-state index is 12.4. The molecule has 3 nitrogen and oxygen atoms in total. The van der Waals surface area contributed by atoms with E-state index >= 15 is 0 Å². The third kappa shape index (κ3) is 4.72. The molecule has 1 aromatic carbocycles. The zero-order chi connectivity index (χ0) is 14.6. The van der Waals surface area contributed by atoms with Crippen molar-refractivity contribution in [2.24, 2.45) is 0 Å². The van der Waals surface area contributed by atoms with E-state index < -0.39 is 25.2 Å². The summed E-state index contributed by atoms with van der Waals surface area (Å²) in [5.74, 6) is -0.777. The average Bonchev–Trinajstić information content (AvgIpc) is 2.26. The summed E-state index contributed by atoms with van der Waals surface area (Å²) < 4.78 is 37.1. The number of aryl methyl sites for hydroxylation is 1. The van der Waals surface area contributed by atoms with Crippen molar-refractivity contribution >= 4 is 17.5 Å². The third-order valence-corrected chi connectivity index (χ3v) is 2.68. The van der Waals surface area contributed by atoms with Gasteiger partial charge in [0.25, 0.3) is 5.91 Å². The van der Waals surface area contributed by atoms with Gasteiger partial charge in [-0.1, -0.05) is 11.6 Å². The second-order valence-electron chi connectivity index (χ2n) is 4.02. The molecule has 1 aromatic rings. The molecular formula is C12H13ClF3NO2. The lowest BCUT2D eigenvalue weighted by atomic mass is 10.1. The molecule has 19 heavy (non-hydrogen) atoms. The van der Waals surface area contributed by atoms with E-state index in [-0.39, 0.29) is 12.1 Å². The number of aliphatic hydroxyl groups is 1. The van der Waals surface area contributed by atoms with E-state index in [2.05, 4.69) is 0 Å². The number of nitrogens with zero attached hydrogens (tertiary/aromatic N) is 1. The molecule has 7 heteroatoms. The van der Waals surface area contributed by atoms with Gasteiger partial charge in [-0.3, -0.25) is 4.79 Å². The molecule has 0 fully saturated rings. The first-order valence-electron chi connectivity index (χ1n) is 5.47. The topological polar surface area (TPSA) is 40.5 Å². The maximum absolute atomic E-state index is 12.4. The average molecular weight is 296 g/mol. The van der Waals surface area contributed by atoms with Crippen LogP contribution in [0.4, 0.5) is 13.2 Å². The SMILES string of the molecule is Cc1cc(Cl)ccc1C(=O)N(CCO)CC(F)(F)F. The van der Waals surface area contributed by atoms with Crippen LogP contribution in [-0.2, 0) is 0 Å². The largest absolute Gasteiger partial charge is 0.406 e. The summed E-state index contributed by atoms with van der Waals surface area (Å²) in [6.07, 6.45) is -4.51. The molecule has 0 aliphatic rings. The quantitative estimate of drug-likeness (QED) is 0.928. The molecule has 0 saturated heterocycles. The molecule has 106 valence electrons. The van der Waals surface area contributed by atoms with E-state index in [4.69, 9.17) is 16.7 Å². The monoisotopic (exact) mass is 295 g/mol. The van der Waals surface area contributed by atoms with E-state index in [0.717, 1.165) is 0 Å². The van der Waals surface area contributed by atoms with Crippen molar-refractivity contribution in [1.29, 1.82) is 0 Å². The molecule has 1 N–H and O–H groups in total. The minimum Gasteiger partial charge on any atom is -0.395 e. The Morgan fingerprint density at radius 1 is 1.42 bits per heavy atom. The van der Waals surface area contributed by atoms with Crippen molar-refractivity contribution in [3.63, 3.8) is 0 Å². The lowest BCUT2D eigenvalue weighted by molar-refractivity contribution is -0.141. The van der Waals surface area contributed by atoms with Crippen LogP contribution in [0.25, 0.3) is 0 Å². The molecule has 0 unspecified atom stereocenters.